The van der Waals surface area contributed by atoms with Crippen molar-refractivity contribution >= 4 is 23.1 Å². The lowest BCUT2D eigenvalue weighted by Gasteiger charge is -2.03. The molecule has 0 aliphatic heterocycles. The summed E-state index contributed by atoms with van der Waals surface area (Å²) < 4.78 is 32.7. The van der Waals surface area contributed by atoms with Crippen molar-refractivity contribution in [2.75, 3.05) is 0 Å². The van der Waals surface area contributed by atoms with Gasteiger partial charge in [0.25, 0.3) is 0 Å². The zero-order valence-electron chi connectivity index (χ0n) is 3.05. The van der Waals surface area contributed by atoms with E-state index in [0.717, 1.165) is 0 Å². The Balaban J connectivity index is -0.0000000267. The van der Waals surface area contributed by atoms with Crippen LogP contribution in [0.15, 0.2) is 0 Å². The van der Waals surface area contributed by atoms with Gasteiger partial charge in [0.2, 0.25) is 0 Å². The van der Waals surface area contributed by atoms with Crippen LogP contribution in [-0.4, -0.2) is 38.7 Å². The molecule has 0 aromatic heterocycles. The first-order valence-electron chi connectivity index (χ1n) is 0.632. The van der Waals surface area contributed by atoms with E-state index in [0.29, 0.717) is 0 Å². The van der Waals surface area contributed by atoms with Crippen molar-refractivity contribution in [2.24, 2.45) is 0 Å². The van der Waals surface area contributed by atoms with Gasteiger partial charge in [-0.2, -0.15) is 14.0 Å². The first kappa shape index (κ1) is 23.2. The minimum absolute atomic E-state index is 0. The summed E-state index contributed by atoms with van der Waals surface area (Å²) in [6.45, 7) is 0. The molecule has 5 N–H and O–H groups in total. The molecule has 0 heterocycles. The van der Waals surface area contributed by atoms with Gasteiger partial charge in [0.1, 0.15) is 0 Å². The van der Waals surface area contributed by atoms with E-state index in [2.05, 4.69) is 0 Å². The second-order valence-electron chi connectivity index (χ2n) is 0.396. The molecule has 8 heteroatoms. The molecular formula is H7ClMgO6. The summed E-state index contributed by atoms with van der Waals surface area (Å²) in [6, 6.07) is 0. The third-order valence-electron chi connectivity index (χ3n) is 0. The van der Waals surface area contributed by atoms with Crippen molar-refractivity contribution in [1.82, 2.24) is 0 Å². The Bertz CT molecular complexity index is 24.0. The van der Waals surface area contributed by atoms with E-state index < -0.39 is 10.2 Å². The molecule has 0 saturated carbocycles. The second-order valence-corrected chi connectivity index (χ2v) is 1.19. The Kier molecular flexibility index (Phi) is 22.7. The van der Waals surface area contributed by atoms with Gasteiger partial charge < -0.3 is 11.0 Å². The molecule has 0 saturated heterocycles. The SMILES string of the molecule is O.O.[MgH2].[O-][Cl+3]([O-])([O-])O. The second kappa shape index (κ2) is 7.82. The summed E-state index contributed by atoms with van der Waals surface area (Å²) in [5, 5.41) is 0. The van der Waals surface area contributed by atoms with Crippen LogP contribution in [-0.2, 0) is 0 Å². The van der Waals surface area contributed by atoms with Gasteiger partial charge in [-0.25, -0.2) is 0 Å². The molecule has 0 radical (unpaired) electrons. The fourth-order valence-electron chi connectivity index (χ4n) is 0. The molecular weight excluding hydrogens is 156 g/mol. The van der Waals surface area contributed by atoms with Crippen LogP contribution in [0.2, 0.25) is 0 Å². The summed E-state index contributed by atoms with van der Waals surface area (Å²) in [5.41, 5.74) is 0. The summed E-state index contributed by atoms with van der Waals surface area (Å²) in [4.78, 5) is 0. The van der Waals surface area contributed by atoms with Gasteiger partial charge in [-0.05, 0) is 0 Å². The number of halogens is 1. The maximum Gasteiger partial charge on any atom is 0.316 e. The predicted octanol–water partition coefficient (Wildman–Crippen LogP) is -6.69. The molecule has 0 unspecified atom stereocenters. The zero-order chi connectivity index (χ0) is 4.50. The molecule has 0 amide bonds. The summed E-state index contributed by atoms with van der Waals surface area (Å²) in [7, 11) is -4.69. The van der Waals surface area contributed by atoms with Gasteiger partial charge in [-0.15, -0.1) is 0 Å². The molecule has 0 atom stereocenters. The smallest absolute Gasteiger partial charge is 0.316 e. The molecule has 0 aliphatic rings. The lowest BCUT2D eigenvalue weighted by atomic mass is 15.8. The normalized spacial score (nSPS) is 7.50. The van der Waals surface area contributed by atoms with Gasteiger partial charge >= 0.3 is 23.1 Å². The van der Waals surface area contributed by atoms with Crippen molar-refractivity contribution in [2.45, 2.75) is 0 Å². The average molecular weight is 163 g/mol. The monoisotopic (exact) mass is 162 g/mol. The van der Waals surface area contributed by atoms with Gasteiger partial charge in [0.05, 0.1) is 14.9 Å². The largest absolute Gasteiger partial charge is 0.412 e. The minimum Gasteiger partial charge on any atom is -0.412 e. The van der Waals surface area contributed by atoms with Crippen LogP contribution in [0.5, 0.6) is 0 Å². The van der Waals surface area contributed by atoms with Crippen molar-refractivity contribution in [1.29, 1.82) is 0 Å². The maximum atomic E-state index is 8.60. The highest BCUT2D eigenvalue weighted by atomic mass is 35.7. The van der Waals surface area contributed by atoms with Crippen molar-refractivity contribution in [3.05, 3.63) is 0 Å². The lowest BCUT2D eigenvalue weighted by molar-refractivity contribution is -1.92. The highest BCUT2D eigenvalue weighted by Crippen LogP contribution is 1.60. The van der Waals surface area contributed by atoms with Crippen LogP contribution in [0, 0.1) is 10.2 Å². The predicted molar refractivity (Wildman–Crippen MR) is 18.0 cm³/mol. The van der Waals surface area contributed by atoms with Crippen LogP contribution >= 0.6 is 0 Å². The molecule has 0 aliphatic carbocycles. The fourth-order valence-corrected chi connectivity index (χ4v) is 0. The minimum atomic E-state index is -4.69. The summed E-state index contributed by atoms with van der Waals surface area (Å²) >= 11 is 0. The number of rotatable bonds is 0. The Morgan fingerprint density at radius 1 is 1.00 bits per heavy atom. The van der Waals surface area contributed by atoms with Gasteiger partial charge in [0.15, 0.2) is 0 Å². The van der Waals surface area contributed by atoms with E-state index in [1.54, 1.807) is 0 Å². The van der Waals surface area contributed by atoms with Gasteiger partial charge in [0, 0.05) is 0 Å². The quantitative estimate of drug-likeness (QED) is 0.352. The summed E-state index contributed by atoms with van der Waals surface area (Å²) in [6.07, 6.45) is 0. The highest BCUT2D eigenvalue weighted by Gasteiger charge is 1.98. The summed E-state index contributed by atoms with van der Waals surface area (Å²) in [5.74, 6) is 0. The van der Waals surface area contributed by atoms with E-state index in [9.17, 15) is 0 Å². The Morgan fingerprint density at radius 3 is 1.00 bits per heavy atom. The molecule has 8 heavy (non-hydrogen) atoms. The molecule has 0 fully saturated rings. The van der Waals surface area contributed by atoms with E-state index in [-0.39, 0.29) is 34.0 Å². The van der Waals surface area contributed by atoms with Gasteiger partial charge in [-0.1, -0.05) is 0 Å². The first-order chi connectivity index (χ1) is 2.00. The van der Waals surface area contributed by atoms with Crippen LogP contribution in [0.4, 0.5) is 0 Å². The maximum absolute atomic E-state index is 8.60. The van der Waals surface area contributed by atoms with Crippen LogP contribution in [0.3, 0.4) is 0 Å². The Morgan fingerprint density at radius 2 is 1.00 bits per heavy atom. The number of hydrogen-bond donors (Lipinski definition) is 1. The molecule has 0 bridgehead atoms. The van der Waals surface area contributed by atoms with Crippen LogP contribution < -0.4 is 14.0 Å². The highest BCUT2D eigenvalue weighted by molar-refractivity contribution is 5.75. The topological polar surface area (TPSA) is 152 Å². The zero-order valence-corrected chi connectivity index (χ0v) is 3.81. The third kappa shape index (κ3) is 346. The first-order valence-corrected chi connectivity index (χ1v) is 1.90. The van der Waals surface area contributed by atoms with E-state index >= 15 is 0 Å². The molecule has 0 spiro atoms. The molecule has 6 nitrogen and oxygen atoms in total. The van der Waals surface area contributed by atoms with E-state index in [4.69, 9.17) is 18.6 Å². The van der Waals surface area contributed by atoms with E-state index in [1.165, 1.54) is 0 Å². The molecule has 0 rings (SSSR count). The van der Waals surface area contributed by atoms with Crippen molar-refractivity contribution in [3.63, 3.8) is 0 Å². The Labute approximate surface area is 63.2 Å². The van der Waals surface area contributed by atoms with E-state index in [1.807, 2.05) is 0 Å². The Hall–Kier alpha value is 0.816. The molecule has 0 aromatic carbocycles. The van der Waals surface area contributed by atoms with Gasteiger partial charge in [-0.3, -0.25) is 0 Å². The molecule has 52 valence electrons. The van der Waals surface area contributed by atoms with Crippen LogP contribution in [0.25, 0.3) is 0 Å². The molecule has 0 aromatic rings. The lowest BCUT2D eigenvalue weighted by Crippen LogP contribution is -2.58. The average Bonchev–Trinajstić information content (AvgIpc) is 0.722. The van der Waals surface area contributed by atoms with Crippen molar-refractivity contribution in [3.8, 4) is 0 Å². The van der Waals surface area contributed by atoms with Crippen molar-refractivity contribution < 1.29 is 39.8 Å². The fraction of sp³-hybridized carbons (Fsp3) is 0. The van der Waals surface area contributed by atoms with Crippen LogP contribution in [0.1, 0.15) is 0 Å². The number of hydrogen-bond acceptors (Lipinski definition) is 4. The standard InChI is InChI=1S/ClHO4.Mg.2H2O.2H/c2-1(3,4)5;;;;;/h(H,2,3,4,5);;2*1H2;;. The third-order valence-corrected chi connectivity index (χ3v) is 0.